The second-order valence-corrected chi connectivity index (χ2v) is 5.63. The van der Waals surface area contributed by atoms with E-state index in [1.807, 2.05) is 6.07 Å². The molecule has 3 nitrogen and oxygen atoms in total. The molecule has 2 heterocycles. The SMILES string of the molecule is Cc1ccc(-c2nc(CN)cc3c2[nH]c2ccccc23)cc1. The standard InChI is InChI=1S/C19H17N3/c1-12-6-8-13(9-7-12)18-19-16(10-14(11-20)21-18)15-4-2-3-5-17(15)22-19/h2-10,22H,11,20H2,1H3. The van der Waals surface area contributed by atoms with Crippen LogP contribution in [0, 0.1) is 6.92 Å². The van der Waals surface area contributed by atoms with E-state index >= 15 is 0 Å². The summed E-state index contributed by atoms with van der Waals surface area (Å²) in [6.45, 7) is 2.53. The Hall–Kier alpha value is -2.65. The smallest absolute Gasteiger partial charge is 0.0947 e. The van der Waals surface area contributed by atoms with E-state index in [1.165, 1.54) is 16.3 Å². The first-order chi connectivity index (χ1) is 10.8. The molecule has 108 valence electrons. The summed E-state index contributed by atoms with van der Waals surface area (Å²) in [7, 11) is 0. The molecule has 0 aliphatic rings. The Kier molecular flexibility index (Phi) is 2.94. The van der Waals surface area contributed by atoms with E-state index in [9.17, 15) is 0 Å². The van der Waals surface area contributed by atoms with Crippen molar-refractivity contribution in [2.24, 2.45) is 5.73 Å². The molecule has 0 fully saturated rings. The van der Waals surface area contributed by atoms with E-state index in [-0.39, 0.29) is 0 Å². The Balaban J connectivity index is 2.10. The van der Waals surface area contributed by atoms with Crippen LogP contribution >= 0.6 is 0 Å². The first kappa shape index (κ1) is 13.0. The molecule has 0 atom stereocenters. The third-order valence-corrected chi connectivity index (χ3v) is 4.08. The van der Waals surface area contributed by atoms with Crippen LogP contribution in [0.25, 0.3) is 33.1 Å². The van der Waals surface area contributed by atoms with Gasteiger partial charge in [0.15, 0.2) is 0 Å². The molecule has 0 spiro atoms. The summed E-state index contributed by atoms with van der Waals surface area (Å²) in [6.07, 6.45) is 0. The van der Waals surface area contributed by atoms with Gasteiger partial charge in [0.2, 0.25) is 0 Å². The predicted octanol–water partition coefficient (Wildman–Crippen LogP) is 4.15. The number of pyridine rings is 1. The van der Waals surface area contributed by atoms with Crippen LogP contribution < -0.4 is 5.73 Å². The molecule has 0 bridgehead atoms. The summed E-state index contributed by atoms with van der Waals surface area (Å²) in [5.74, 6) is 0. The highest BCUT2D eigenvalue weighted by molar-refractivity contribution is 6.11. The minimum absolute atomic E-state index is 0.439. The molecule has 4 rings (SSSR count). The van der Waals surface area contributed by atoms with Crippen molar-refractivity contribution in [1.29, 1.82) is 0 Å². The largest absolute Gasteiger partial charge is 0.353 e. The highest BCUT2D eigenvalue weighted by Crippen LogP contribution is 2.32. The van der Waals surface area contributed by atoms with Crippen LogP contribution in [-0.4, -0.2) is 9.97 Å². The number of nitrogens with one attached hydrogen (secondary N) is 1. The number of rotatable bonds is 2. The number of nitrogens with zero attached hydrogens (tertiary/aromatic N) is 1. The number of fused-ring (bicyclic) bond motifs is 3. The van der Waals surface area contributed by atoms with Crippen LogP contribution in [0.1, 0.15) is 11.3 Å². The molecule has 0 aliphatic carbocycles. The van der Waals surface area contributed by atoms with Crippen molar-refractivity contribution in [2.75, 3.05) is 0 Å². The summed E-state index contributed by atoms with van der Waals surface area (Å²) >= 11 is 0. The van der Waals surface area contributed by atoms with Crippen LogP contribution in [0.3, 0.4) is 0 Å². The molecule has 0 aliphatic heterocycles. The Morgan fingerprint density at radius 2 is 1.77 bits per heavy atom. The van der Waals surface area contributed by atoms with Crippen LogP contribution in [0.2, 0.25) is 0 Å². The van der Waals surface area contributed by atoms with E-state index in [0.29, 0.717) is 6.54 Å². The van der Waals surface area contributed by atoms with E-state index in [1.54, 1.807) is 0 Å². The Morgan fingerprint density at radius 3 is 2.55 bits per heavy atom. The number of nitrogens with two attached hydrogens (primary N) is 1. The quantitative estimate of drug-likeness (QED) is 0.582. The molecule has 4 aromatic rings. The molecule has 0 saturated carbocycles. The average molecular weight is 287 g/mol. The fourth-order valence-electron chi connectivity index (χ4n) is 2.92. The molecule has 0 amide bonds. The predicted molar refractivity (Wildman–Crippen MR) is 91.7 cm³/mol. The molecule has 3 heteroatoms. The number of hydrogen-bond acceptors (Lipinski definition) is 2. The molecule has 2 aromatic heterocycles. The van der Waals surface area contributed by atoms with Crippen molar-refractivity contribution in [1.82, 2.24) is 9.97 Å². The lowest BCUT2D eigenvalue weighted by Gasteiger charge is -2.06. The zero-order chi connectivity index (χ0) is 15.1. The van der Waals surface area contributed by atoms with Crippen molar-refractivity contribution in [2.45, 2.75) is 13.5 Å². The van der Waals surface area contributed by atoms with Crippen LogP contribution in [-0.2, 0) is 6.54 Å². The van der Waals surface area contributed by atoms with Gasteiger partial charge in [-0.2, -0.15) is 0 Å². The van der Waals surface area contributed by atoms with Crippen LogP contribution in [0.5, 0.6) is 0 Å². The highest BCUT2D eigenvalue weighted by Gasteiger charge is 2.12. The zero-order valence-electron chi connectivity index (χ0n) is 12.4. The topological polar surface area (TPSA) is 54.7 Å². The number of aromatic nitrogens is 2. The van der Waals surface area contributed by atoms with Crippen molar-refractivity contribution >= 4 is 21.8 Å². The Bertz CT molecular complexity index is 965. The summed E-state index contributed by atoms with van der Waals surface area (Å²) in [4.78, 5) is 8.27. The number of aryl methyl sites for hydroxylation is 1. The number of para-hydroxylation sites is 1. The van der Waals surface area contributed by atoms with Crippen molar-refractivity contribution in [3.63, 3.8) is 0 Å². The first-order valence-electron chi connectivity index (χ1n) is 7.44. The Morgan fingerprint density at radius 1 is 1.00 bits per heavy atom. The molecule has 2 aromatic carbocycles. The van der Waals surface area contributed by atoms with Gasteiger partial charge in [0.05, 0.1) is 16.9 Å². The maximum Gasteiger partial charge on any atom is 0.0947 e. The summed E-state index contributed by atoms with van der Waals surface area (Å²) < 4.78 is 0. The van der Waals surface area contributed by atoms with Gasteiger partial charge in [-0.15, -0.1) is 0 Å². The number of benzene rings is 2. The molecule has 0 unspecified atom stereocenters. The summed E-state index contributed by atoms with van der Waals surface area (Å²) in [5, 5.41) is 2.39. The highest BCUT2D eigenvalue weighted by atomic mass is 14.8. The second-order valence-electron chi connectivity index (χ2n) is 5.63. The Labute approximate surface area is 128 Å². The molecule has 0 radical (unpaired) electrons. The third-order valence-electron chi connectivity index (χ3n) is 4.08. The summed E-state index contributed by atoms with van der Waals surface area (Å²) in [6, 6.07) is 18.9. The van der Waals surface area contributed by atoms with Crippen LogP contribution in [0.15, 0.2) is 54.6 Å². The second kappa shape index (κ2) is 4.97. The molecular weight excluding hydrogens is 270 g/mol. The van der Waals surface area contributed by atoms with Gasteiger partial charge in [0.1, 0.15) is 0 Å². The maximum absolute atomic E-state index is 5.85. The molecule has 3 N–H and O–H groups in total. The lowest BCUT2D eigenvalue weighted by molar-refractivity contribution is 1.000. The van der Waals surface area contributed by atoms with Crippen LogP contribution in [0.4, 0.5) is 0 Å². The number of aromatic amines is 1. The maximum atomic E-state index is 5.85. The van der Waals surface area contributed by atoms with Gasteiger partial charge in [0, 0.05) is 28.4 Å². The van der Waals surface area contributed by atoms with Crippen molar-refractivity contribution in [3.8, 4) is 11.3 Å². The lowest BCUT2D eigenvalue weighted by Crippen LogP contribution is -2.01. The summed E-state index contributed by atoms with van der Waals surface area (Å²) in [5.41, 5.74) is 12.3. The van der Waals surface area contributed by atoms with E-state index in [2.05, 4.69) is 60.4 Å². The monoisotopic (exact) mass is 287 g/mol. The van der Waals surface area contributed by atoms with Gasteiger partial charge in [-0.25, -0.2) is 4.98 Å². The van der Waals surface area contributed by atoms with Gasteiger partial charge in [-0.1, -0.05) is 48.0 Å². The van der Waals surface area contributed by atoms with E-state index < -0.39 is 0 Å². The van der Waals surface area contributed by atoms with E-state index in [0.717, 1.165) is 28.0 Å². The minimum Gasteiger partial charge on any atom is -0.353 e. The molecule has 22 heavy (non-hydrogen) atoms. The zero-order valence-corrected chi connectivity index (χ0v) is 12.4. The van der Waals surface area contributed by atoms with Gasteiger partial charge in [-0.05, 0) is 19.1 Å². The molecule has 0 saturated heterocycles. The van der Waals surface area contributed by atoms with Gasteiger partial charge in [0.25, 0.3) is 0 Å². The normalized spacial score (nSPS) is 11.4. The number of H-pyrrole nitrogens is 1. The van der Waals surface area contributed by atoms with Crippen molar-refractivity contribution < 1.29 is 0 Å². The third kappa shape index (κ3) is 1.98. The van der Waals surface area contributed by atoms with Gasteiger partial charge in [-0.3, -0.25) is 0 Å². The van der Waals surface area contributed by atoms with Crippen molar-refractivity contribution in [3.05, 3.63) is 65.9 Å². The van der Waals surface area contributed by atoms with E-state index in [4.69, 9.17) is 10.7 Å². The van der Waals surface area contributed by atoms with Gasteiger partial charge >= 0.3 is 0 Å². The first-order valence-corrected chi connectivity index (χ1v) is 7.44. The fraction of sp³-hybridized carbons (Fsp3) is 0.105. The van der Waals surface area contributed by atoms with Gasteiger partial charge < -0.3 is 10.7 Å². The molecular formula is C19H17N3. The minimum atomic E-state index is 0.439. The fourth-order valence-corrected chi connectivity index (χ4v) is 2.92. The average Bonchev–Trinajstić information content (AvgIpc) is 2.93. The lowest BCUT2D eigenvalue weighted by atomic mass is 10.1. The number of hydrogen-bond donors (Lipinski definition) is 2.